The number of alkyl halides is 8. The largest absolute Gasteiger partial charge is 0.486 e. The zero-order valence-corrected chi connectivity index (χ0v) is 9.86. The van der Waals surface area contributed by atoms with Gasteiger partial charge in [-0.1, -0.05) is 0 Å². The summed E-state index contributed by atoms with van der Waals surface area (Å²) in [5.41, 5.74) is -2.05. The summed E-state index contributed by atoms with van der Waals surface area (Å²) < 4.78 is 103. The van der Waals surface area contributed by atoms with Gasteiger partial charge in [-0.3, -0.25) is 4.79 Å². The fourth-order valence-electron chi connectivity index (χ4n) is 1.22. The van der Waals surface area contributed by atoms with E-state index in [2.05, 4.69) is 4.74 Å². The summed E-state index contributed by atoms with van der Waals surface area (Å²) in [6.45, 7) is -2.31. The SMILES string of the molecule is O=Cc1ccc(OCC(F)(F)C(F)(F)F)c(C(F)(F)F)c1. The Kier molecular flexibility index (Phi) is 4.49. The van der Waals surface area contributed by atoms with Crippen molar-refractivity contribution in [3.05, 3.63) is 29.3 Å². The molecule has 2 nitrogen and oxygen atoms in total. The summed E-state index contributed by atoms with van der Waals surface area (Å²) in [5.74, 6) is -6.53. The van der Waals surface area contributed by atoms with Crippen molar-refractivity contribution in [3.8, 4) is 5.75 Å². The zero-order chi connectivity index (χ0) is 16.5. The number of hydrogen-bond acceptors (Lipinski definition) is 2. The lowest BCUT2D eigenvalue weighted by molar-refractivity contribution is -0.290. The van der Waals surface area contributed by atoms with E-state index in [4.69, 9.17) is 0 Å². The summed E-state index contributed by atoms with van der Waals surface area (Å²) in [6.07, 6.45) is -11.0. The molecule has 0 bridgehead atoms. The Balaban J connectivity index is 3.07. The first kappa shape index (κ1) is 17.2. The Morgan fingerprint density at radius 3 is 2.00 bits per heavy atom. The number of rotatable bonds is 4. The first-order chi connectivity index (χ1) is 9.38. The molecule has 0 saturated carbocycles. The highest BCUT2D eigenvalue weighted by Gasteiger charge is 2.58. The van der Waals surface area contributed by atoms with Gasteiger partial charge >= 0.3 is 18.3 Å². The maximum Gasteiger partial charge on any atom is 0.456 e. The van der Waals surface area contributed by atoms with Crippen LogP contribution in [0.1, 0.15) is 15.9 Å². The standard InChI is InChI=1S/C11H6F8O2/c12-9(13,11(17,18)19)5-21-8-2-1-6(4-20)3-7(8)10(14,15)16/h1-4H,5H2. The van der Waals surface area contributed by atoms with E-state index in [-0.39, 0.29) is 12.4 Å². The first-order valence-corrected chi connectivity index (χ1v) is 5.12. The maximum atomic E-state index is 12.6. The molecule has 0 aliphatic carbocycles. The molecule has 0 amide bonds. The lowest BCUT2D eigenvalue weighted by Gasteiger charge is -2.21. The average Bonchev–Trinajstić information content (AvgIpc) is 2.33. The molecule has 0 saturated heterocycles. The molecule has 1 aromatic rings. The molecule has 0 atom stereocenters. The molecule has 21 heavy (non-hydrogen) atoms. The van der Waals surface area contributed by atoms with Crippen molar-refractivity contribution in [2.45, 2.75) is 18.3 Å². The van der Waals surface area contributed by atoms with Gasteiger partial charge in [-0.05, 0) is 18.2 Å². The van der Waals surface area contributed by atoms with E-state index in [1.165, 1.54) is 0 Å². The van der Waals surface area contributed by atoms with Crippen LogP contribution in [0.25, 0.3) is 0 Å². The molecule has 0 spiro atoms. The minimum absolute atomic E-state index is 0.0589. The van der Waals surface area contributed by atoms with Crippen LogP contribution >= 0.6 is 0 Å². The highest BCUT2D eigenvalue weighted by molar-refractivity contribution is 5.75. The second-order valence-corrected chi connectivity index (χ2v) is 3.86. The molecule has 1 aromatic carbocycles. The smallest absolute Gasteiger partial charge is 0.456 e. The third kappa shape index (κ3) is 4.05. The van der Waals surface area contributed by atoms with Crippen LogP contribution < -0.4 is 4.74 Å². The lowest BCUT2D eigenvalue weighted by Crippen LogP contribution is -2.42. The Morgan fingerprint density at radius 1 is 1.00 bits per heavy atom. The van der Waals surface area contributed by atoms with Gasteiger partial charge in [-0.15, -0.1) is 0 Å². The van der Waals surface area contributed by atoms with Crippen LogP contribution in [-0.2, 0) is 6.18 Å². The van der Waals surface area contributed by atoms with Gasteiger partial charge in [0, 0.05) is 5.56 Å². The maximum absolute atomic E-state index is 12.6. The number of carbonyl (C=O) groups excluding carboxylic acids is 1. The van der Waals surface area contributed by atoms with Crippen molar-refractivity contribution in [2.75, 3.05) is 6.61 Å². The molecular formula is C11H6F8O2. The molecule has 0 aliphatic rings. The highest BCUT2D eigenvalue weighted by Crippen LogP contribution is 2.39. The van der Waals surface area contributed by atoms with Crippen LogP contribution in [0.3, 0.4) is 0 Å². The van der Waals surface area contributed by atoms with Crippen LogP contribution in [0, 0.1) is 0 Å². The Morgan fingerprint density at radius 2 is 1.57 bits per heavy atom. The van der Waals surface area contributed by atoms with E-state index < -0.39 is 41.8 Å². The molecule has 0 unspecified atom stereocenters. The molecule has 0 aromatic heterocycles. The van der Waals surface area contributed by atoms with Crippen molar-refractivity contribution < 1.29 is 44.7 Å². The van der Waals surface area contributed by atoms with Gasteiger partial charge in [0.2, 0.25) is 0 Å². The Labute approximate surface area is 112 Å². The van der Waals surface area contributed by atoms with E-state index in [1.54, 1.807) is 0 Å². The second-order valence-electron chi connectivity index (χ2n) is 3.86. The molecule has 0 aliphatic heterocycles. The Bertz CT molecular complexity index is 518. The molecule has 118 valence electrons. The average molecular weight is 322 g/mol. The third-order valence-corrected chi connectivity index (χ3v) is 2.27. The van der Waals surface area contributed by atoms with E-state index in [0.717, 1.165) is 6.07 Å². The number of aldehydes is 1. The van der Waals surface area contributed by atoms with Crippen LogP contribution in [0.4, 0.5) is 35.1 Å². The fourth-order valence-corrected chi connectivity index (χ4v) is 1.22. The topological polar surface area (TPSA) is 26.3 Å². The lowest BCUT2D eigenvalue weighted by atomic mass is 10.1. The van der Waals surface area contributed by atoms with Crippen molar-refractivity contribution in [2.24, 2.45) is 0 Å². The minimum atomic E-state index is -5.95. The van der Waals surface area contributed by atoms with E-state index >= 15 is 0 Å². The summed E-state index contributed by atoms with van der Waals surface area (Å²) in [6, 6.07) is 1.58. The highest BCUT2D eigenvalue weighted by atomic mass is 19.4. The second kappa shape index (κ2) is 5.49. The Hall–Kier alpha value is -1.87. The molecule has 0 fully saturated rings. The molecule has 1 rings (SSSR count). The van der Waals surface area contributed by atoms with Crippen molar-refractivity contribution in [1.82, 2.24) is 0 Å². The molecule has 0 heterocycles. The number of hydrogen-bond donors (Lipinski definition) is 0. The number of benzene rings is 1. The summed E-state index contributed by atoms with van der Waals surface area (Å²) in [5, 5.41) is 0. The van der Waals surface area contributed by atoms with Gasteiger partial charge in [-0.2, -0.15) is 35.1 Å². The number of ether oxygens (including phenoxy) is 1. The van der Waals surface area contributed by atoms with Crippen LogP contribution in [0.5, 0.6) is 5.75 Å². The van der Waals surface area contributed by atoms with Crippen molar-refractivity contribution >= 4 is 6.29 Å². The predicted molar refractivity (Wildman–Crippen MR) is 53.3 cm³/mol. The summed E-state index contributed by atoms with van der Waals surface area (Å²) in [7, 11) is 0. The normalized spacial score (nSPS) is 13.1. The molecule has 10 heteroatoms. The number of carbonyl (C=O) groups is 1. The molecule has 0 N–H and O–H groups in total. The van der Waals surface area contributed by atoms with Gasteiger partial charge in [0.25, 0.3) is 0 Å². The fraction of sp³-hybridized carbons (Fsp3) is 0.364. The van der Waals surface area contributed by atoms with Crippen molar-refractivity contribution in [3.63, 3.8) is 0 Å². The number of halogens is 8. The van der Waals surface area contributed by atoms with Gasteiger partial charge in [-0.25, -0.2) is 0 Å². The minimum Gasteiger partial charge on any atom is -0.486 e. The predicted octanol–water partition coefficient (Wildman–Crippen LogP) is 4.09. The van der Waals surface area contributed by atoms with Crippen LogP contribution in [0.15, 0.2) is 18.2 Å². The van der Waals surface area contributed by atoms with E-state index in [9.17, 15) is 39.9 Å². The van der Waals surface area contributed by atoms with Gasteiger partial charge in [0.05, 0.1) is 5.56 Å². The van der Waals surface area contributed by atoms with E-state index in [1.807, 2.05) is 0 Å². The summed E-state index contributed by atoms with van der Waals surface area (Å²) in [4.78, 5) is 10.4. The monoisotopic (exact) mass is 322 g/mol. The quantitative estimate of drug-likeness (QED) is 0.616. The van der Waals surface area contributed by atoms with Crippen molar-refractivity contribution in [1.29, 1.82) is 0 Å². The third-order valence-electron chi connectivity index (χ3n) is 2.27. The van der Waals surface area contributed by atoms with E-state index in [0.29, 0.717) is 6.07 Å². The van der Waals surface area contributed by atoms with Crippen LogP contribution in [-0.4, -0.2) is 25.0 Å². The van der Waals surface area contributed by atoms with Crippen LogP contribution in [0.2, 0.25) is 0 Å². The van der Waals surface area contributed by atoms with Gasteiger partial charge < -0.3 is 4.74 Å². The summed E-state index contributed by atoms with van der Waals surface area (Å²) >= 11 is 0. The van der Waals surface area contributed by atoms with Gasteiger partial charge in [0.1, 0.15) is 12.0 Å². The molecular weight excluding hydrogens is 316 g/mol. The molecule has 0 radical (unpaired) electrons. The first-order valence-electron chi connectivity index (χ1n) is 5.12. The van der Waals surface area contributed by atoms with Gasteiger partial charge in [0.15, 0.2) is 6.61 Å². The zero-order valence-electron chi connectivity index (χ0n) is 9.86.